The molecule has 0 bridgehead atoms. The highest BCUT2D eigenvalue weighted by atomic mass is 19.1. The molecule has 242 valence electrons. The molecule has 2 saturated carbocycles. The highest BCUT2D eigenvalue weighted by molar-refractivity contribution is 6.00. The zero-order valence-electron chi connectivity index (χ0n) is 26.0. The first-order valence-electron chi connectivity index (χ1n) is 16.4. The second-order valence-electron chi connectivity index (χ2n) is 13.9. The summed E-state index contributed by atoms with van der Waals surface area (Å²) in [5.74, 6) is -1.06. The maximum Gasteiger partial charge on any atom is 0.319 e. The number of ether oxygens (including phenoxy) is 2. The van der Waals surface area contributed by atoms with Crippen LogP contribution in [0, 0.1) is 17.0 Å². The molecule has 9 nitrogen and oxygen atoms in total. The first-order chi connectivity index (χ1) is 22.2. The summed E-state index contributed by atoms with van der Waals surface area (Å²) in [5, 5.41) is 22.4. The van der Waals surface area contributed by atoms with Gasteiger partial charge < -0.3 is 24.6 Å². The van der Waals surface area contributed by atoms with Gasteiger partial charge in [-0.3, -0.25) is 9.88 Å². The number of β-amino-alcohol motifs (C(OH)–C–C–N with tert-alkyl or cyclic N) is 1. The molecule has 11 heteroatoms. The van der Waals surface area contributed by atoms with Crippen molar-refractivity contribution in [3.8, 4) is 23.0 Å². The number of phenols is 1. The number of nitrogens with zero attached hydrogens (tertiary/aromatic N) is 5. The number of anilines is 1. The quantitative estimate of drug-likeness (QED) is 0.282. The summed E-state index contributed by atoms with van der Waals surface area (Å²) in [5.41, 5.74) is -1.20. The topological polar surface area (TPSA) is 104 Å². The van der Waals surface area contributed by atoms with Crippen LogP contribution in [0.5, 0.6) is 11.8 Å². The number of likely N-dealkylation sites (tertiary alicyclic amines) is 1. The zero-order valence-corrected chi connectivity index (χ0v) is 26.0. The fraction of sp³-hybridized carbons (Fsp3) is 0.514. The largest absolute Gasteiger partial charge is 0.508 e. The van der Waals surface area contributed by atoms with Crippen LogP contribution in [-0.4, -0.2) is 87.2 Å². The van der Waals surface area contributed by atoms with Crippen LogP contribution in [0.1, 0.15) is 51.9 Å². The van der Waals surface area contributed by atoms with Crippen molar-refractivity contribution in [3.05, 3.63) is 48.2 Å². The van der Waals surface area contributed by atoms with E-state index in [0.29, 0.717) is 48.4 Å². The second-order valence-corrected chi connectivity index (χ2v) is 13.9. The molecule has 4 heterocycles. The average Bonchev–Trinajstić information content (AvgIpc) is 3.81. The van der Waals surface area contributed by atoms with E-state index in [1.807, 2.05) is 4.90 Å². The van der Waals surface area contributed by atoms with E-state index in [2.05, 4.69) is 14.9 Å². The molecule has 2 aromatic carbocycles. The van der Waals surface area contributed by atoms with Gasteiger partial charge in [-0.1, -0.05) is 18.6 Å². The van der Waals surface area contributed by atoms with Crippen LogP contribution < -0.4 is 9.64 Å². The lowest BCUT2D eigenvalue weighted by atomic mass is 9.75. The van der Waals surface area contributed by atoms with Crippen LogP contribution in [0.15, 0.2) is 36.5 Å². The number of aromatic hydroxyl groups is 1. The fourth-order valence-corrected chi connectivity index (χ4v) is 8.24. The van der Waals surface area contributed by atoms with Crippen LogP contribution in [0.4, 0.5) is 14.6 Å². The second kappa shape index (κ2) is 11.2. The third-order valence-corrected chi connectivity index (χ3v) is 10.4. The minimum Gasteiger partial charge on any atom is -0.508 e. The number of aliphatic hydroxyl groups is 1. The van der Waals surface area contributed by atoms with Crippen molar-refractivity contribution < 1.29 is 28.5 Å². The summed E-state index contributed by atoms with van der Waals surface area (Å²) in [7, 11) is 0. The van der Waals surface area contributed by atoms with Gasteiger partial charge in [0.25, 0.3) is 0 Å². The smallest absolute Gasteiger partial charge is 0.319 e. The Morgan fingerprint density at radius 1 is 1.09 bits per heavy atom. The predicted octanol–water partition coefficient (Wildman–Crippen LogP) is 5.59. The van der Waals surface area contributed by atoms with Gasteiger partial charge in [-0.25, -0.2) is 8.78 Å². The SMILES string of the molecule is C[C@@]1(O)COCCN(c2nc(OC[C@]34CCC[C@H]3N(C3CC3)CCC4)nc3c(F)c(-c4cc(O)cc5cccc(F)c45)ncc23)C1. The highest BCUT2D eigenvalue weighted by Crippen LogP contribution is 2.51. The van der Waals surface area contributed by atoms with Gasteiger partial charge in [0, 0.05) is 41.2 Å². The van der Waals surface area contributed by atoms with Crippen molar-refractivity contribution >= 4 is 27.5 Å². The number of benzene rings is 2. The maximum atomic E-state index is 16.7. The fourth-order valence-electron chi connectivity index (χ4n) is 8.24. The number of phenolic OH excluding ortho intramolecular Hbond substituents is 1. The lowest BCUT2D eigenvalue weighted by Gasteiger charge is -2.46. The standard InChI is InChI=1S/C35H39F2N5O4/c1-34(44)18-41(13-14-45-19-34)32-25-17-38-30(24-16-23(43)15-21-5-2-6-26(36)28(21)24)29(37)31(25)39-33(40-32)46-20-35-10-3-7-27(35)42(12-4-11-35)22-8-9-22/h2,5-6,15-17,22,27,43-44H,3-4,7-14,18-20H2,1H3/t27-,34+,35-/m1/s1. The van der Waals surface area contributed by atoms with Gasteiger partial charge in [-0.15, -0.1) is 0 Å². The average molecular weight is 632 g/mol. The van der Waals surface area contributed by atoms with Gasteiger partial charge in [0.15, 0.2) is 5.82 Å². The normalized spacial score (nSPS) is 27.2. The Morgan fingerprint density at radius 2 is 1.93 bits per heavy atom. The van der Waals surface area contributed by atoms with Crippen LogP contribution in [0.3, 0.4) is 0 Å². The summed E-state index contributed by atoms with van der Waals surface area (Å²) in [6.07, 6.45) is 9.60. The molecule has 4 aromatic rings. The minimum absolute atomic E-state index is 0.000603. The summed E-state index contributed by atoms with van der Waals surface area (Å²) in [6, 6.07) is 8.46. The highest BCUT2D eigenvalue weighted by Gasteiger charge is 2.51. The molecule has 8 rings (SSSR count). The summed E-state index contributed by atoms with van der Waals surface area (Å²) in [4.78, 5) is 18.5. The number of piperidine rings is 1. The van der Waals surface area contributed by atoms with E-state index < -0.39 is 17.2 Å². The number of fused-ring (bicyclic) bond motifs is 3. The Morgan fingerprint density at radius 3 is 2.78 bits per heavy atom. The van der Waals surface area contributed by atoms with E-state index in [4.69, 9.17) is 14.5 Å². The van der Waals surface area contributed by atoms with Crippen LogP contribution in [0.2, 0.25) is 0 Å². The van der Waals surface area contributed by atoms with E-state index in [9.17, 15) is 10.2 Å². The first kappa shape index (κ1) is 29.7. The summed E-state index contributed by atoms with van der Waals surface area (Å²) in [6.45, 7) is 4.39. The molecule has 2 aliphatic carbocycles. The van der Waals surface area contributed by atoms with Gasteiger partial charge in [-0.2, -0.15) is 9.97 Å². The number of pyridine rings is 1. The van der Waals surface area contributed by atoms with E-state index >= 15 is 8.78 Å². The van der Waals surface area contributed by atoms with Crippen LogP contribution >= 0.6 is 0 Å². The van der Waals surface area contributed by atoms with E-state index in [1.54, 1.807) is 19.1 Å². The number of rotatable bonds is 6. The van der Waals surface area contributed by atoms with E-state index in [-0.39, 0.29) is 52.5 Å². The molecule has 2 saturated heterocycles. The lowest BCUT2D eigenvalue weighted by Crippen LogP contribution is -2.52. The summed E-state index contributed by atoms with van der Waals surface area (Å²) >= 11 is 0. The molecule has 2 aliphatic heterocycles. The predicted molar refractivity (Wildman–Crippen MR) is 170 cm³/mol. The molecule has 3 atom stereocenters. The number of aromatic nitrogens is 3. The number of hydrogen-bond acceptors (Lipinski definition) is 9. The number of halogens is 2. The van der Waals surface area contributed by atoms with Gasteiger partial charge in [0.2, 0.25) is 0 Å². The molecular weight excluding hydrogens is 592 g/mol. The molecule has 0 spiro atoms. The third kappa shape index (κ3) is 5.22. The molecule has 2 aromatic heterocycles. The molecule has 4 aliphatic rings. The molecule has 4 fully saturated rings. The van der Waals surface area contributed by atoms with Crippen molar-refractivity contribution in [2.75, 3.05) is 44.4 Å². The monoisotopic (exact) mass is 631 g/mol. The van der Waals surface area contributed by atoms with Crippen molar-refractivity contribution in [2.24, 2.45) is 5.41 Å². The molecule has 0 radical (unpaired) electrons. The third-order valence-electron chi connectivity index (χ3n) is 10.4. The Bertz CT molecular complexity index is 1820. The van der Waals surface area contributed by atoms with Crippen LogP contribution in [0.25, 0.3) is 32.9 Å². The molecule has 0 unspecified atom stereocenters. The Balaban J connectivity index is 1.24. The lowest BCUT2D eigenvalue weighted by molar-refractivity contribution is -0.0123. The van der Waals surface area contributed by atoms with Crippen molar-refractivity contribution in [1.82, 2.24) is 19.9 Å². The van der Waals surface area contributed by atoms with E-state index in [0.717, 1.165) is 38.6 Å². The maximum absolute atomic E-state index is 16.7. The van der Waals surface area contributed by atoms with Gasteiger partial charge >= 0.3 is 6.01 Å². The van der Waals surface area contributed by atoms with Crippen molar-refractivity contribution in [1.29, 1.82) is 0 Å². The van der Waals surface area contributed by atoms with Gasteiger partial charge in [-0.05, 0) is 75.6 Å². The van der Waals surface area contributed by atoms with Gasteiger partial charge in [0.05, 0.1) is 31.8 Å². The molecule has 2 N–H and O–H groups in total. The summed E-state index contributed by atoms with van der Waals surface area (Å²) < 4.78 is 44.0. The van der Waals surface area contributed by atoms with Crippen LogP contribution in [-0.2, 0) is 4.74 Å². The van der Waals surface area contributed by atoms with Crippen molar-refractivity contribution in [3.63, 3.8) is 0 Å². The Hall–Kier alpha value is -3.67. The molecular formula is C35H39F2N5O4. The van der Waals surface area contributed by atoms with Gasteiger partial charge in [0.1, 0.15) is 34.2 Å². The number of hydrogen-bond donors (Lipinski definition) is 2. The minimum atomic E-state index is -1.16. The zero-order chi connectivity index (χ0) is 31.6. The molecule has 0 amide bonds. The first-order valence-corrected chi connectivity index (χ1v) is 16.4. The Labute approximate surface area is 266 Å². The van der Waals surface area contributed by atoms with Crippen molar-refractivity contribution in [2.45, 2.75) is 69.6 Å². The molecule has 46 heavy (non-hydrogen) atoms. The van der Waals surface area contributed by atoms with E-state index in [1.165, 1.54) is 37.2 Å². The Kier molecular flexibility index (Phi) is 7.26.